The number of rotatable bonds is 4. The molecule has 1 amide bonds. The van der Waals surface area contributed by atoms with Crippen LogP contribution in [0.3, 0.4) is 0 Å². The number of nitrogens with one attached hydrogen (secondary N) is 1. The second-order valence-corrected chi connectivity index (χ2v) is 6.20. The van der Waals surface area contributed by atoms with Crippen LogP contribution in [0.1, 0.15) is 11.1 Å². The van der Waals surface area contributed by atoms with Gasteiger partial charge in [-0.1, -0.05) is 0 Å². The molecular formula is C20H17NO6. The average molecular weight is 367 g/mol. The number of benzene rings is 2. The fourth-order valence-corrected chi connectivity index (χ4v) is 2.84. The van der Waals surface area contributed by atoms with Gasteiger partial charge < -0.3 is 23.9 Å². The number of ether oxygens (including phenoxy) is 3. The van der Waals surface area contributed by atoms with Crippen LogP contribution in [0.2, 0.25) is 0 Å². The Bertz CT molecular complexity index is 1100. The molecule has 1 N–H and O–H groups in total. The molecule has 0 atom stereocenters. The van der Waals surface area contributed by atoms with Gasteiger partial charge in [0.15, 0.2) is 18.1 Å². The molecule has 27 heavy (non-hydrogen) atoms. The SMILES string of the molecule is Cc1c(C)c2ccc(OCC(=O)Nc3ccc4c(c3)OCO4)cc2oc1=O. The van der Waals surface area contributed by atoms with Crippen molar-refractivity contribution in [2.24, 2.45) is 0 Å². The van der Waals surface area contributed by atoms with Crippen LogP contribution in [-0.2, 0) is 4.79 Å². The van der Waals surface area contributed by atoms with Crippen molar-refractivity contribution in [3.05, 3.63) is 57.9 Å². The number of hydrogen-bond acceptors (Lipinski definition) is 6. The molecule has 0 spiro atoms. The van der Waals surface area contributed by atoms with Crippen LogP contribution in [0.4, 0.5) is 5.69 Å². The molecule has 0 aliphatic carbocycles. The second-order valence-electron chi connectivity index (χ2n) is 6.20. The van der Waals surface area contributed by atoms with Crippen LogP contribution in [0.5, 0.6) is 17.2 Å². The van der Waals surface area contributed by atoms with E-state index in [0.29, 0.717) is 34.1 Å². The zero-order chi connectivity index (χ0) is 19.0. The predicted molar refractivity (Wildman–Crippen MR) is 98.6 cm³/mol. The highest BCUT2D eigenvalue weighted by Crippen LogP contribution is 2.34. The van der Waals surface area contributed by atoms with Gasteiger partial charge in [0.25, 0.3) is 5.91 Å². The molecule has 0 radical (unpaired) electrons. The van der Waals surface area contributed by atoms with Crippen molar-refractivity contribution in [3.63, 3.8) is 0 Å². The molecule has 4 rings (SSSR count). The van der Waals surface area contributed by atoms with Crippen molar-refractivity contribution in [1.82, 2.24) is 0 Å². The van der Waals surface area contributed by atoms with E-state index < -0.39 is 0 Å². The van der Waals surface area contributed by atoms with Gasteiger partial charge in [0.1, 0.15) is 11.3 Å². The molecule has 0 unspecified atom stereocenters. The van der Waals surface area contributed by atoms with E-state index in [-0.39, 0.29) is 24.9 Å². The first-order valence-electron chi connectivity index (χ1n) is 8.37. The highest BCUT2D eigenvalue weighted by molar-refractivity contribution is 5.92. The van der Waals surface area contributed by atoms with Crippen LogP contribution in [0.15, 0.2) is 45.6 Å². The fourth-order valence-electron chi connectivity index (χ4n) is 2.84. The number of carbonyl (C=O) groups excluding carboxylic acids is 1. The molecular weight excluding hydrogens is 350 g/mol. The maximum absolute atomic E-state index is 12.1. The third-order valence-electron chi connectivity index (χ3n) is 4.45. The lowest BCUT2D eigenvalue weighted by molar-refractivity contribution is -0.118. The summed E-state index contributed by atoms with van der Waals surface area (Å²) in [6.45, 7) is 3.58. The van der Waals surface area contributed by atoms with Gasteiger partial charge >= 0.3 is 5.63 Å². The number of aryl methyl sites for hydroxylation is 1. The molecule has 0 saturated carbocycles. The van der Waals surface area contributed by atoms with Gasteiger partial charge in [-0.3, -0.25) is 4.79 Å². The van der Waals surface area contributed by atoms with Gasteiger partial charge in [-0.2, -0.15) is 0 Å². The van der Waals surface area contributed by atoms with E-state index >= 15 is 0 Å². The van der Waals surface area contributed by atoms with Gasteiger partial charge in [0.05, 0.1) is 0 Å². The molecule has 138 valence electrons. The van der Waals surface area contributed by atoms with Crippen molar-refractivity contribution in [1.29, 1.82) is 0 Å². The van der Waals surface area contributed by atoms with Crippen LogP contribution in [-0.4, -0.2) is 19.3 Å². The van der Waals surface area contributed by atoms with Crippen LogP contribution >= 0.6 is 0 Å². The standard InChI is InChI=1S/C20H17NO6/c1-11-12(2)20(23)27-17-8-14(4-5-15(11)17)24-9-19(22)21-13-3-6-16-18(7-13)26-10-25-16/h3-8H,9-10H2,1-2H3,(H,21,22). The van der Waals surface area contributed by atoms with Gasteiger partial charge in [-0.05, 0) is 43.7 Å². The first kappa shape index (κ1) is 17.0. The maximum Gasteiger partial charge on any atom is 0.339 e. The normalized spacial score (nSPS) is 12.2. The van der Waals surface area contributed by atoms with E-state index in [2.05, 4.69) is 5.32 Å². The van der Waals surface area contributed by atoms with Crippen LogP contribution < -0.4 is 25.2 Å². The van der Waals surface area contributed by atoms with Crippen molar-refractivity contribution in [3.8, 4) is 17.2 Å². The second kappa shape index (κ2) is 6.68. The highest BCUT2D eigenvalue weighted by atomic mass is 16.7. The Kier molecular flexibility index (Phi) is 4.19. The summed E-state index contributed by atoms with van der Waals surface area (Å²) in [5, 5.41) is 3.57. The number of amides is 1. The topological polar surface area (TPSA) is 87.0 Å². The highest BCUT2D eigenvalue weighted by Gasteiger charge is 2.14. The van der Waals surface area contributed by atoms with E-state index in [1.54, 1.807) is 37.3 Å². The Labute approximate surface area is 154 Å². The summed E-state index contributed by atoms with van der Waals surface area (Å²) in [6.07, 6.45) is 0. The van der Waals surface area contributed by atoms with Crippen LogP contribution in [0.25, 0.3) is 11.0 Å². The van der Waals surface area contributed by atoms with Gasteiger partial charge in [-0.25, -0.2) is 4.79 Å². The maximum atomic E-state index is 12.1. The molecule has 1 aliphatic heterocycles. The molecule has 2 aromatic carbocycles. The Morgan fingerprint density at radius 2 is 1.89 bits per heavy atom. The summed E-state index contributed by atoms with van der Waals surface area (Å²) in [5.41, 5.74) is 2.09. The van der Waals surface area contributed by atoms with E-state index in [9.17, 15) is 9.59 Å². The molecule has 2 heterocycles. The van der Waals surface area contributed by atoms with E-state index in [4.69, 9.17) is 18.6 Å². The van der Waals surface area contributed by atoms with Gasteiger partial charge in [0, 0.05) is 28.8 Å². The molecule has 3 aromatic rings. The summed E-state index contributed by atoms with van der Waals surface area (Å²) in [6, 6.07) is 10.3. The largest absolute Gasteiger partial charge is 0.484 e. The van der Waals surface area contributed by atoms with Gasteiger partial charge in [0.2, 0.25) is 6.79 Å². The smallest absolute Gasteiger partial charge is 0.339 e. The van der Waals surface area contributed by atoms with Crippen molar-refractivity contribution in [2.75, 3.05) is 18.7 Å². The summed E-state index contributed by atoms with van der Waals surface area (Å²) in [4.78, 5) is 23.9. The van der Waals surface area contributed by atoms with E-state index in [1.165, 1.54) is 0 Å². The number of carbonyl (C=O) groups is 1. The predicted octanol–water partition coefficient (Wildman–Crippen LogP) is 3.16. The zero-order valence-electron chi connectivity index (χ0n) is 14.8. The first-order valence-corrected chi connectivity index (χ1v) is 8.37. The monoisotopic (exact) mass is 367 g/mol. The Morgan fingerprint density at radius 3 is 2.74 bits per heavy atom. The van der Waals surface area contributed by atoms with Crippen molar-refractivity contribution < 1.29 is 23.4 Å². The molecule has 7 nitrogen and oxygen atoms in total. The first-order chi connectivity index (χ1) is 13.0. The third-order valence-corrected chi connectivity index (χ3v) is 4.45. The fraction of sp³-hybridized carbons (Fsp3) is 0.200. The summed E-state index contributed by atoms with van der Waals surface area (Å²) in [5.74, 6) is 1.35. The average Bonchev–Trinajstić information content (AvgIpc) is 3.12. The summed E-state index contributed by atoms with van der Waals surface area (Å²) < 4.78 is 21.3. The Balaban J connectivity index is 1.44. The Hall–Kier alpha value is -3.48. The lowest BCUT2D eigenvalue weighted by Gasteiger charge is -2.09. The Morgan fingerprint density at radius 1 is 1.07 bits per heavy atom. The summed E-state index contributed by atoms with van der Waals surface area (Å²) >= 11 is 0. The lowest BCUT2D eigenvalue weighted by atomic mass is 10.1. The molecule has 1 aliphatic rings. The van der Waals surface area contributed by atoms with Crippen molar-refractivity contribution in [2.45, 2.75) is 13.8 Å². The van der Waals surface area contributed by atoms with E-state index in [1.807, 2.05) is 13.0 Å². The number of anilines is 1. The minimum Gasteiger partial charge on any atom is -0.484 e. The zero-order valence-corrected chi connectivity index (χ0v) is 14.8. The molecule has 0 fully saturated rings. The number of hydrogen-bond donors (Lipinski definition) is 1. The summed E-state index contributed by atoms with van der Waals surface area (Å²) in [7, 11) is 0. The van der Waals surface area contributed by atoms with Gasteiger partial charge in [-0.15, -0.1) is 0 Å². The van der Waals surface area contributed by atoms with Crippen LogP contribution in [0, 0.1) is 13.8 Å². The minimum absolute atomic E-state index is 0.174. The number of fused-ring (bicyclic) bond motifs is 2. The molecule has 1 aromatic heterocycles. The van der Waals surface area contributed by atoms with E-state index in [0.717, 1.165) is 10.9 Å². The van der Waals surface area contributed by atoms with Crippen molar-refractivity contribution >= 4 is 22.6 Å². The molecule has 0 bridgehead atoms. The lowest BCUT2D eigenvalue weighted by Crippen LogP contribution is -2.20. The minimum atomic E-state index is -0.377. The quantitative estimate of drug-likeness (QED) is 0.713. The third kappa shape index (κ3) is 3.31. The molecule has 0 saturated heterocycles. The molecule has 7 heteroatoms.